The SMILES string of the molecule is CCOC(=O)/C=C/CP(=O)(OC)OC. The number of carbonyl (C=O) groups is 1. The van der Waals surface area contributed by atoms with Crippen LogP contribution in [0.3, 0.4) is 0 Å². The van der Waals surface area contributed by atoms with Gasteiger partial charge in [-0.15, -0.1) is 0 Å². The van der Waals surface area contributed by atoms with Gasteiger partial charge in [-0.05, 0) is 6.92 Å². The second-order valence-electron chi connectivity index (χ2n) is 2.31. The van der Waals surface area contributed by atoms with E-state index in [0.717, 1.165) is 0 Å². The van der Waals surface area contributed by atoms with E-state index in [9.17, 15) is 9.36 Å². The number of allylic oxidation sites excluding steroid dienone is 1. The predicted octanol–water partition coefficient (Wildman–Crippen LogP) is 1.59. The molecular weight excluding hydrogens is 207 g/mol. The summed E-state index contributed by atoms with van der Waals surface area (Å²) < 4.78 is 25.4. The molecule has 0 bridgehead atoms. The van der Waals surface area contributed by atoms with Gasteiger partial charge in [0.15, 0.2) is 0 Å². The van der Waals surface area contributed by atoms with E-state index in [1.54, 1.807) is 6.92 Å². The molecule has 82 valence electrons. The zero-order valence-corrected chi connectivity index (χ0v) is 9.45. The van der Waals surface area contributed by atoms with Crippen LogP contribution < -0.4 is 0 Å². The lowest BCUT2D eigenvalue weighted by Gasteiger charge is -2.10. The molecule has 0 spiro atoms. The molecule has 0 aliphatic carbocycles. The summed E-state index contributed by atoms with van der Waals surface area (Å²) in [6, 6.07) is 0. The molecule has 0 radical (unpaired) electrons. The summed E-state index contributed by atoms with van der Waals surface area (Å²) in [7, 11) is -0.463. The monoisotopic (exact) mass is 222 g/mol. The Bertz CT molecular complexity index is 240. The normalized spacial score (nSPS) is 11.9. The van der Waals surface area contributed by atoms with Crippen molar-refractivity contribution in [1.29, 1.82) is 0 Å². The highest BCUT2D eigenvalue weighted by Gasteiger charge is 2.18. The van der Waals surface area contributed by atoms with Crippen LogP contribution in [0.1, 0.15) is 6.92 Å². The van der Waals surface area contributed by atoms with Crippen molar-refractivity contribution >= 4 is 13.6 Å². The minimum atomic E-state index is -3.05. The third-order valence-corrected chi connectivity index (χ3v) is 3.20. The second-order valence-corrected chi connectivity index (χ2v) is 4.63. The van der Waals surface area contributed by atoms with Gasteiger partial charge in [-0.2, -0.15) is 0 Å². The molecular formula is C8H15O5P. The summed E-state index contributed by atoms with van der Waals surface area (Å²) >= 11 is 0. The van der Waals surface area contributed by atoms with Crippen LogP contribution in [0.15, 0.2) is 12.2 Å². The van der Waals surface area contributed by atoms with Crippen LogP contribution in [0.25, 0.3) is 0 Å². The first-order valence-corrected chi connectivity index (χ1v) is 5.84. The minimum Gasteiger partial charge on any atom is -0.463 e. The molecule has 0 heterocycles. The number of rotatable bonds is 6. The number of carbonyl (C=O) groups excluding carboxylic acids is 1. The van der Waals surface area contributed by atoms with Gasteiger partial charge in [0.1, 0.15) is 0 Å². The zero-order chi connectivity index (χ0) is 11.0. The standard InChI is InChI=1S/C8H15O5P/c1-4-13-8(9)6-5-7-14(10,11-2)12-3/h5-6H,4,7H2,1-3H3/b6-5+. The maximum absolute atomic E-state index is 11.4. The summed E-state index contributed by atoms with van der Waals surface area (Å²) in [5, 5.41) is 0. The van der Waals surface area contributed by atoms with E-state index >= 15 is 0 Å². The minimum absolute atomic E-state index is 0.0544. The van der Waals surface area contributed by atoms with Gasteiger partial charge in [0.2, 0.25) is 0 Å². The molecule has 0 aliphatic rings. The zero-order valence-electron chi connectivity index (χ0n) is 8.56. The first kappa shape index (κ1) is 13.4. The predicted molar refractivity (Wildman–Crippen MR) is 52.3 cm³/mol. The van der Waals surface area contributed by atoms with Crippen LogP contribution in [0, 0.1) is 0 Å². The molecule has 14 heavy (non-hydrogen) atoms. The van der Waals surface area contributed by atoms with Gasteiger partial charge < -0.3 is 13.8 Å². The lowest BCUT2D eigenvalue weighted by Crippen LogP contribution is -2.00. The van der Waals surface area contributed by atoms with Crippen molar-refractivity contribution in [1.82, 2.24) is 0 Å². The molecule has 0 aromatic heterocycles. The van der Waals surface area contributed by atoms with E-state index in [4.69, 9.17) is 0 Å². The fourth-order valence-electron chi connectivity index (χ4n) is 0.692. The first-order valence-electron chi connectivity index (χ1n) is 4.11. The van der Waals surface area contributed by atoms with Crippen molar-refractivity contribution in [3.63, 3.8) is 0 Å². The van der Waals surface area contributed by atoms with Gasteiger partial charge in [-0.3, -0.25) is 4.57 Å². The smallest absolute Gasteiger partial charge is 0.333 e. The molecule has 6 heteroatoms. The molecule has 0 aliphatic heterocycles. The Kier molecular flexibility index (Phi) is 6.45. The van der Waals surface area contributed by atoms with Crippen molar-refractivity contribution < 1.29 is 23.1 Å². The van der Waals surface area contributed by atoms with E-state index in [1.807, 2.05) is 0 Å². The number of hydrogen-bond acceptors (Lipinski definition) is 5. The quantitative estimate of drug-likeness (QED) is 0.388. The Labute approximate surface area is 83.6 Å². The number of ether oxygens (including phenoxy) is 1. The average Bonchev–Trinajstić information content (AvgIpc) is 2.18. The van der Waals surface area contributed by atoms with Gasteiger partial charge in [0.05, 0.1) is 12.8 Å². The third kappa shape index (κ3) is 5.17. The molecule has 5 nitrogen and oxygen atoms in total. The van der Waals surface area contributed by atoms with E-state index in [1.165, 1.54) is 26.4 Å². The molecule has 0 fully saturated rings. The highest BCUT2D eigenvalue weighted by atomic mass is 31.2. The topological polar surface area (TPSA) is 61.8 Å². The van der Waals surface area contributed by atoms with Crippen molar-refractivity contribution in [2.45, 2.75) is 6.92 Å². The molecule has 0 N–H and O–H groups in total. The number of esters is 1. The molecule has 0 aromatic carbocycles. The molecule has 0 saturated heterocycles. The maximum atomic E-state index is 11.4. The summed E-state index contributed by atoms with van der Waals surface area (Å²) in [5.74, 6) is -0.466. The molecule has 0 rings (SSSR count). The fourth-order valence-corrected chi connectivity index (χ4v) is 1.50. The lowest BCUT2D eigenvalue weighted by molar-refractivity contribution is -0.137. The van der Waals surface area contributed by atoms with Crippen molar-refractivity contribution in [2.75, 3.05) is 27.0 Å². The van der Waals surface area contributed by atoms with Crippen molar-refractivity contribution in [2.24, 2.45) is 0 Å². The lowest BCUT2D eigenvalue weighted by atomic mass is 10.5. The van der Waals surface area contributed by atoms with Crippen LogP contribution in [0.4, 0.5) is 0 Å². The van der Waals surface area contributed by atoms with Gasteiger partial charge in [0, 0.05) is 20.3 Å². The summed E-state index contributed by atoms with van der Waals surface area (Å²) in [5.41, 5.74) is 0. The van der Waals surface area contributed by atoms with E-state index in [-0.39, 0.29) is 6.16 Å². The Morgan fingerprint density at radius 1 is 1.36 bits per heavy atom. The summed E-state index contributed by atoms with van der Waals surface area (Å²) in [6.07, 6.45) is 2.67. The Hall–Kier alpha value is -0.640. The van der Waals surface area contributed by atoms with Crippen LogP contribution in [-0.2, 0) is 23.1 Å². The largest absolute Gasteiger partial charge is 0.463 e. The van der Waals surface area contributed by atoms with Crippen LogP contribution >= 0.6 is 7.60 Å². The van der Waals surface area contributed by atoms with E-state index in [2.05, 4.69) is 13.8 Å². The maximum Gasteiger partial charge on any atom is 0.333 e. The Morgan fingerprint density at radius 3 is 2.36 bits per heavy atom. The molecule has 0 saturated carbocycles. The van der Waals surface area contributed by atoms with Crippen molar-refractivity contribution in [3.8, 4) is 0 Å². The Morgan fingerprint density at radius 2 is 1.93 bits per heavy atom. The fraction of sp³-hybridized carbons (Fsp3) is 0.625. The van der Waals surface area contributed by atoms with Crippen LogP contribution in [-0.4, -0.2) is 33.0 Å². The van der Waals surface area contributed by atoms with Gasteiger partial charge in [0.25, 0.3) is 0 Å². The molecule has 0 unspecified atom stereocenters. The molecule has 0 atom stereocenters. The van der Waals surface area contributed by atoms with Crippen LogP contribution in [0.5, 0.6) is 0 Å². The van der Waals surface area contributed by atoms with E-state index in [0.29, 0.717) is 6.61 Å². The van der Waals surface area contributed by atoms with Gasteiger partial charge >= 0.3 is 13.6 Å². The third-order valence-electron chi connectivity index (χ3n) is 1.43. The van der Waals surface area contributed by atoms with Crippen molar-refractivity contribution in [3.05, 3.63) is 12.2 Å². The number of hydrogen-bond donors (Lipinski definition) is 0. The van der Waals surface area contributed by atoms with E-state index < -0.39 is 13.6 Å². The summed E-state index contributed by atoms with van der Waals surface area (Å²) in [4.78, 5) is 10.8. The Balaban J connectivity index is 4.03. The van der Waals surface area contributed by atoms with Gasteiger partial charge in [-0.25, -0.2) is 4.79 Å². The summed E-state index contributed by atoms with van der Waals surface area (Å²) in [6.45, 7) is 2.02. The van der Waals surface area contributed by atoms with Gasteiger partial charge in [-0.1, -0.05) is 6.08 Å². The first-order chi connectivity index (χ1) is 6.58. The highest BCUT2D eigenvalue weighted by Crippen LogP contribution is 2.45. The highest BCUT2D eigenvalue weighted by molar-refractivity contribution is 7.54. The molecule has 0 aromatic rings. The average molecular weight is 222 g/mol. The second kappa shape index (κ2) is 6.76. The molecule has 0 amide bonds. The van der Waals surface area contributed by atoms with Crippen LogP contribution in [0.2, 0.25) is 0 Å².